The van der Waals surface area contributed by atoms with Crippen molar-refractivity contribution in [3.63, 3.8) is 0 Å². The standard InChI is InChI=1S/C19H20FN5/c1-19(2,14-4-6-15(20)7-5-14)12-23-18-10-8-16(24-25-18)13-3-9-17(21)22-11-13/h3-11H,12H2,1-2H3,(H2,21,22)(H,23,25). The van der Waals surface area contributed by atoms with Crippen LogP contribution >= 0.6 is 0 Å². The van der Waals surface area contributed by atoms with Crippen molar-refractivity contribution < 1.29 is 4.39 Å². The summed E-state index contributed by atoms with van der Waals surface area (Å²) in [5.41, 5.74) is 8.06. The van der Waals surface area contributed by atoms with E-state index >= 15 is 0 Å². The summed E-state index contributed by atoms with van der Waals surface area (Å²) < 4.78 is 13.1. The Morgan fingerprint density at radius 3 is 2.36 bits per heavy atom. The van der Waals surface area contributed by atoms with Gasteiger partial charge in [0.2, 0.25) is 0 Å². The molecule has 1 aromatic carbocycles. The summed E-state index contributed by atoms with van der Waals surface area (Å²) in [5, 5.41) is 11.7. The number of anilines is 2. The molecule has 5 nitrogen and oxygen atoms in total. The molecule has 0 radical (unpaired) electrons. The molecular formula is C19H20FN5. The molecule has 0 atom stereocenters. The van der Waals surface area contributed by atoms with Gasteiger partial charge in [0.05, 0.1) is 5.69 Å². The first kappa shape index (κ1) is 16.8. The van der Waals surface area contributed by atoms with Gasteiger partial charge in [0, 0.05) is 23.7 Å². The van der Waals surface area contributed by atoms with Crippen LogP contribution in [0.4, 0.5) is 16.0 Å². The van der Waals surface area contributed by atoms with E-state index in [0.717, 1.165) is 16.8 Å². The summed E-state index contributed by atoms with van der Waals surface area (Å²) in [6, 6.07) is 13.9. The van der Waals surface area contributed by atoms with Gasteiger partial charge in [-0.3, -0.25) is 0 Å². The first-order chi connectivity index (χ1) is 11.9. The summed E-state index contributed by atoms with van der Waals surface area (Å²) in [6.07, 6.45) is 1.67. The van der Waals surface area contributed by atoms with Gasteiger partial charge in [0.1, 0.15) is 17.5 Å². The minimum atomic E-state index is -0.230. The Balaban J connectivity index is 1.67. The maximum atomic E-state index is 13.1. The average Bonchev–Trinajstić information content (AvgIpc) is 2.62. The molecule has 0 bridgehead atoms. The quantitative estimate of drug-likeness (QED) is 0.743. The van der Waals surface area contributed by atoms with E-state index in [1.165, 1.54) is 12.1 Å². The van der Waals surface area contributed by atoms with Crippen LogP contribution in [0.2, 0.25) is 0 Å². The highest BCUT2D eigenvalue weighted by Crippen LogP contribution is 2.24. The normalized spacial score (nSPS) is 11.3. The second-order valence-electron chi connectivity index (χ2n) is 6.52. The van der Waals surface area contributed by atoms with Crippen molar-refractivity contribution in [3.05, 3.63) is 66.1 Å². The predicted octanol–water partition coefficient (Wildman–Crippen LogP) is 3.65. The smallest absolute Gasteiger partial charge is 0.148 e. The first-order valence-electron chi connectivity index (χ1n) is 8.00. The fraction of sp³-hybridized carbons (Fsp3) is 0.211. The van der Waals surface area contributed by atoms with Gasteiger partial charge in [-0.15, -0.1) is 10.2 Å². The number of hydrogen-bond acceptors (Lipinski definition) is 5. The van der Waals surface area contributed by atoms with Crippen LogP contribution in [0.5, 0.6) is 0 Å². The van der Waals surface area contributed by atoms with Gasteiger partial charge in [-0.1, -0.05) is 26.0 Å². The highest BCUT2D eigenvalue weighted by atomic mass is 19.1. The molecule has 0 saturated carbocycles. The van der Waals surface area contributed by atoms with Crippen molar-refractivity contribution in [2.24, 2.45) is 0 Å². The van der Waals surface area contributed by atoms with Crippen molar-refractivity contribution in [3.8, 4) is 11.3 Å². The van der Waals surface area contributed by atoms with Crippen LogP contribution in [0.15, 0.2) is 54.7 Å². The van der Waals surface area contributed by atoms with Gasteiger partial charge in [0.15, 0.2) is 0 Å². The van der Waals surface area contributed by atoms with Crippen LogP contribution in [0.25, 0.3) is 11.3 Å². The van der Waals surface area contributed by atoms with Crippen molar-refractivity contribution in [1.29, 1.82) is 0 Å². The van der Waals surface area contributed by atoms with Crippen molar-refractivity contribution in [2.75, 3.05) is 17.6 Å². The molecule has 2 heterocycles. The topological polar surface area (TPSA) is 76.7 Å². The number of nitrogens with zero attached hydrogens (tertiary/aromatic N) is 3. The number of pyridine rings is 1. The summed E-state index contributed by atoms with van der Waals surface area (Å²) >= 11 is 0. The number of hydrogen-bond donors (Lipinski definition) is 2. The number of halogens is 1. The summed E-state index contributed by atoms with van der Waals surface area (Å²) in [6.45, 7) is 4.83. The van der Waals surface area contributed by atoms with Crippen LogP contribution in [0.3, 0.4) is 0 Å². The SMILES string of the molecule is CC(C)(CNc1ccc(-c2ccc(N)nc2)nn1)c1ccc(F)cc1. The van der Waals surface area contributed by atoms with Crippen LogP contribution in [-0.2, 0) is 5.41 Å². The third kappa shape index (κ3) is 4.09. The average molecular weight is 337 g/mol. The lowest BCUT2D eigenvalue weighted by Gasteiger charge is -2.25. The number of nitrogen functional groups attached to an aromatic ring is 1. The highest BCUT2D eigenvalue weighted by molar-refractivity contribution is 5.59. The Hall–Kier alpha value is -3.02. The van der Waals surface area contributed by atoms with E-state index in [9.17, 15) is 4.39 Å². The maximum Gasteiger partial charge on any atom is 0.148 e. The molecule has 0 amide bonds. The Morgan fingerprint density at radius 1 is 1.00 bits per heavy atom. The van der Waals surface area contributed by atoms with E-state index in [-0.39, 0.29) is 11.2 Å². The predicted molar refractivity (Wildman–Crippen MR) is 97.6 cm³/mol. The minimum Gasteiger partial charge on any atom is -0.384 e. The molecule has 3 aromatic rings. The first-order valence-corrected chi connectivity index (χ1v) is 8.00. The third-order valence-electron chi connectivity index (χ3n) is 4.08. The van der Waals surface area contributed by atoms with Crippen molar-refractivity contribution >= 4 is 11.6 Å². The highest BCUT2D eigenvalue weighted by Gasteiger charge is 2.20. The number of nitrogens with one attached hydrogen (secondary N) is 1. The van der Waals surface area contributed by atoms with Crippen LogP contribution in [0.1, 0.15) is 19.4 Å². The number of aromatic nitrogens is 3. The summed E-state index contributed by atoms with van der Waals surface area (Å²) in [4.78, 5) is 4.05. The van der Waals surface area contributed by atoms with Gasteiger partial charge in [-0.05, 0) is 42.0 Å². The zero-order chi connectivity index (χ0) is 17.9. The Kier molecular flexibility index (Phi) is 4.61. The van der Waals surface area contributed by atoms with Crippen LogP contribution in [0, 0.1) is 5.82 Å². The fourth-order valence-corrected chi connectivity index (χ4v) is 2.45. The molecule has 6 heteroatoms. The fourth-order valence-electron chi connectivity index (χ4n) is 2.45. The van der Waals surface area contributed by atoms with Crippen LogP contribution in [-0.4, -0.2) is 21.7 Å². The van der Waals surface area contributed by atoms with Crippen molar-refractivity contribution in [2.45, 2.75) is 19.3 Å². The molecule has 0 aliphatic heterocycles. The largest absolute Gasteiger partial charge is 0.384 e. The lowest BCUT2D eigenvalue weighted by atomic mass is 9.84. The molecule has 0 spiro atoms. The van der Waals surface area contributed by atoms with E-state index in [1.54, 1.807) is 24.4 Å². The van der Waals surface area contributed by atoms with E-state index < -0.39 is 0 Å². The molecular weight excluding hydrogens is 317 g/mol. The Bertz CT molecular complexity index is 827. The minimum absolute atomic E-state index is 0.172. The summed E-state index contributed by atoms with van der Waals surface area (Å²) in [5.74, 6) is 0.923. The Morgan fingerprint density at radius 2 is 1.76 bits per heavy atom. The molecule has 0 aliphatic rings. The lowest BCUT2D eigenvalue weighted by molar-refractivity contribution is 0.552. The zero-order valence-corrected chi connectivity index (χ0v) is 14.2. The number of nitrogens with two attached hydrogens (primary N) is 1. The molecule has 2 aromatic heterocycles. The van der Waals surface area contributed by atoms with E-state index in [0.29, 0.717) is 18.2 Å². The maximum absolute atomic E-state index is 13.1. The summed E-state index contributed by atoms with van der Waals surface area (Å²) in [7, 11) is 0. The van der Waals surface area contributed by atoms with Crippen molar-refractivity contribution in [1.82, 2.24) is 15.2 Å². The van der Waals surface area contributed by atoms with Gasteiger partial charge in [0.25, 0.3) is 0 Å². The molecule has 0 fully saturated rings. The zero-order valence-electron chi connectivity index (χ0n) is 14.2. The molecule has 0 unspecified atom stereocenters. The molecule has 25 heavy (non-hydrogen) atoms. The monoisotopic (exact) mass is 337 g/mol. The molecule has 3 N–H and O–H groups in total. The van der Waals surface area contributed by atoms with Gasteiger partial charge >= 0.3 is 0 Å². The second kappa shape index (κ2) is 6.84. The van der Waals surface area contributed by atoms with Gasteiger partial charge < -0.3 is 11.1 Å². The van der Waals surface area contributed by atoms with Gasteiger partial charge in [-0.2, -0.15) is 0 Å². The molecule has 0 aliphatic carbocycles. The lowest BCUT2D eigenvalue weighted by Crippen LogP contribution is -2.28. The van der Waals surface area contributed by atoms with E-state index in [2.05, 4.69) is 34.3 Å². The van der Waals surface area contributed by atoms with Gasteiger partial charge in [-0.25, -0.2) is 9.37 Å². The van der Waals surface area contributed by atoms with Crippen LogP contribution < -0.4 is 11.1 Å². The molecule has 128 valence electrons. The molecule has 3 rings (SSSR count). The van der Waals surface area contributed by atoms with E-state index in [4.69, 9.17) is 5.73 Å². The Labute approximate surface area is 146 Å². The second-order valence-corrected chi connectivity index (χ2v) is 6.52. The third-order valence-corrected chi connectivity index (χ3v) is 4.08. The molecule has 0 saturated heterocycles. The number of benzene rings is 1. The number of rotatable bonds is 5. The van der Waals surface area contributed by atoms with E-state index in [1.807, 2.05) is 18.2 Å².